The minimum Gasteiger partial charge on any atom is -0.381 e. The topological polar surface area (TPSA) is 69.2 Å². The van der Waals surface area contributed by atoms with Crippen molar-refractivity contribution in [3.8, 4) is 5.69 Å². The Morgan fingerprint density at radius 2 is 1.95 bits per heavy atom. The van der Waals surface area contributed by atoms with Gasteiger partial charge in [0, 0.05) is 26.1 Å². The standard InChI is InChI=1S/C14H17Cl2N5O/c15-11-2-1-10(9-12(11)16)21-13(14(17)18-19-21)3-4-20-5-7-22-8-6-20/h1-2,9H,3-8,17H2. The first-order chi connectivity index (χ1) is 10.6. The maximum Gasteiger partial charge on any atom is 0.169 e. The molecule has 22 heavy (non-hydrogen) atoms. The van der Waals surface area contributed by atoms with Crippen molar-refractivity contribution in [2.45, 2.75) is 6.42 Å². The second-order valence-corrected chi connectivity index (χ2v) is 5.95. The minimum absolute atomic E-state index is 0.444. The Morgan fingerprint density at radius 3 is 2.68 bits per heavy atom. The normalized spacial score (nSPS) is 16.1. The van der Waals surface area contributed by atoms with E-state index in [0.717, 1.165) is 50.7 Å². The monoisotopic (exact) mass is 341 g/mol. The van der Waals surface area contributed by atoms with Crippen molar-refractivity contribution in [1.82, 2.24) is 19.9 Å². The summed E-state index contributed by atoms with van der Waals surface area (Å²) in [4.78, 5) is 2.34. The van der Waals surface area contributed by atoms with Gasteiger partial charge < -0.3 is 10.5 Å². The van der Waals surface area contributed by atoms with Gasteiger partial charge in [0.05, 0.1) is 34.6 Å². The largest absolute Gasteiger partial charge is 0.381 e. The number of rotatable bonds is 4. The van der Waals surface area contributed by atoms with Crippen LogP contribution in [0, 0.1) is 0 Å². The molecule has 0 spiro atoms. The summed E-state index contributed by atoms with van der Waals surface area (Å²) >= 11 is 12.0. The van der Waals surface area contributed by atoms with E-state index in [-0.39, 0.29) is 0 Å². The number of nitrogens with zero attached hydrogens (tertiary/aromatic N) is 4. The second-order valence-electron chi connectivity index (χ2n) is 5.14. The number of nitrogens with two attached hydrogens (primary N) is 1. The van der Waals surface area contributed by atoms with Gasteiger partial charge in [0.1, 0.15) is 0 Å². The zero-order valence-electron chi connectivity index (χ0n) is 12.0. The average Bonchev–Trinajstić information content (AvgIpc) is 2.90. The first-order valence-corrected chi connectivity index (χ1v) is 7.86. The molecule has 2 heterocycles. The molecule has 0 amide bonds. The third kappa shape index (κ3) is 3.35. The molecule has 0 saturated carbocycles. The third-order valence-electron chi connectivity index (χ3n) is 3.71. The lowest BCUT2D eigenvalue weighted by Gasteiger charge is -2.26. The number of nitrogen functional groups attached to an aromatic ring is 1. The minimum atomic E-state index is 0.444. The van der Waals surface area contributed by atoms with Gasteiger partial charge >= 0.3 is 0 Å². The zero-order valence-corrected chi connectivity index (χ0v) is 13.5. The van der Waals surface area contributed by atoms with Crippen LogP contribution in [-0.2, 0) is 11.2 Å². The molecule has 3 rings (SSSR count). The van der Waals surface area contributed by atoms with Crippen molar-refractivity contribution in [2.75, 3.05) is 38.6 Å². The lowest BCUT2D eigenvalue weighted by molar-refractivity contribution is 0.0383. The molecule has 0 aliphatic carbocycles. The van der Waals surface area contributed by atoms with E-state index in [1.165, 1.54) is 0 Å². The first-order valence-electron chi connectivity index (χ1n) is 7.11. The van der Waals surface area contributed by atoms with Crippen LogP contribution in [0.2, 0.25) is 10.0 Å². The summed E-state index contributed by atoms with van der Waals surface area (Å²) in [5, 5.41) is 9.08. The predicted molar refractivity (Wildman–Crippen MR) is 86.8 cm³/mol. The Hall–Kier alpha value is -1.34. The number of hydrogen-bond acceptors (Lipinski definition) is 5. The number of morpholine rings is 1. The molecule has 1 fully saturated rings. The number of benzene rings is 1. The summed E-state index contributed by atoms with van der Waals surface area (Å²) in [6, 6.07) is 5.35. The fourth-order valence-electron chi connectivity index (χ4n) is 2.46. The van der Waals surface area contributed by atoms with Crippen molar-refractivity contribution in [3.63, 3.8) is 0 Å². The lowest BCUT2D eigenvalue weighted by atomic mass is 10.2. The van der Waals surface area contributed by atoms with Gasteiger partial charge in [-0.05, 0) is 18.2 Å². The SMILES string of the molecule is Nc1nnn(-c2ccc(Cl)c(Cl)c2)c1CCN1CCOCC1. The lowest BCUT2D eigenvalue weighted by Crippen LogP contribution is -2.37. The van der Waals surface area contributed by atoms with Gasteiger partial charge in [-0.1, -0.05) is 28.4 Å². The number of halogens is 2. The van der Waals surface area contributed by atoms with Gasteiger partial charge in [-0.25, -0.2) is 4.68 Å². The van der Waals surface area contributed by atoms with Crippen LogP contribution in [-0.4, -0.2) is 52.7 Å². The summed E-state index contributed by atoms with van der Waals surface area (Å²) in [5.41, 5.74) is 7.65. The molecule has 0 radical (unpaired) electrons. The summed E-state index contributed by atoms with van der Waals surface area (Å²) in [5.74, 6) is 0.444. The maximum atomic E-state index is 6.07. The van der Waals surface area contributed by atoms with E-state index in [1.807, 2.05) is 6.07 Å². The summed E-state index contributed by atoms with van der Waals surface area (Å²) in [6.45, 7) is 4.32. The van der Waals surface area contributed by atoms with Gasteiger partial charge in [0.15, 0.2) is 5.82 Å². The van der Waals surface area contributed by atoms with Crippen molar-refractivity contribution >= 4 is 29.0 Å². The molecule has 1 aromatic carbocycles. The number of hydrogen-bond donors (Lipinski definition) is 1. The van der Waals surface area contributed by atoms with Crippen LogP contribution in [0.4, 0.5) is 5.82 Å². The Balaban J connectivity index is 1.79. The molecule has 0 atom stereocenters. The van der Waals surface area contributed by atoms with Gasteiger partial charge in [0.2, 0.25) is 0 Å². The summed E-state index contributed by atoms with van der Waals surface area (Å²) < 4.78 is 7.07. The molecular formula is C14H17Cl2N5O. The van der Waals surface area contributed by atoms with E-state index in [4.69, 9.17) is 33.7 Å². The Bertz CT molecular complexity index is 655. The molecule has 118 valence electrons. The molecule has 8 heteroatoms. The van der Waals surface area contributed by atoms with Crippen LogP contribution in [0.15, 0.2) is 18.2 Å². The summed E-state index contributed by atoms with van der Waals surface area (Å²) in [6.07, 6.45) is 0.763. The van der Waals surface area contributed by atoms with E-state index in [2.05, 4.69) is 15.2 Å². The highest BCUT2D eigenvalue weighted by atomic mass is 35.5. The molecule has 2 aromatic rings. The fraction of sp³-hybridized carbons (Fsp3) is 0.429. The molecule has 0 bridgehead atoms. The number of anilines is 1. The fourth-order valence-corrected chi connectivity index (χ4v) is 2.75. The highest BCUT2D eigenvalue weighted by Gasteiger charge is 2.16. The van der Waals surface area contributed by atoms with Gasteiger partial charge in [0.25, 0.3) is 0 Å². The van der Waals surface area contributed by atoms with Crippen molar-refractivity contribution in [1.29, 1.82) is 0 Å². The molecule has 6 nitrogen and oxygen atoms in total. The Morgan fingerprint density at radius 1 is 1.18 bits per heavy atom. The predicted octanol–water partition coefficient (Wildman–Crippen LogP) is 2.03. The molecule has 1 aromatic heterocycles. The zero-order chi connectivity index (χ0) is 15.5. The molecule has 1 saturated heterocycles. The van der Waals surface area contributed by atoms with E-state index >= 15 is 0 Å². The smallest absolute Gasteiger partial charge is 0.169 e. The van der Waals surface area contributed by atoms with Crippen LogP contribution in [0.5, 0.6) is 0 Å². The van der Waals surface area contributed by atoms with E-state index < -0.39 is 0 Å². The molecule has 1 aliphatic heterocycles. The Labute approximate surface area is 138 Å². The number of ether oxygens (including phenoxy) is 1. The molecule has 1 aliphatic rings. The van der Waals surface area contributed by atoms with Crippen molar-refractivity contribution in [2.24, 2.45) is 0 Å². The molecule has 0 unspecified atom stereocenters. The highest BCUT2D eigenvalue weighted by molar-refractivity contribution is 6.42. The van der Waals surface area contributed by atoms with Gasteiger partial charge in [-0.15, -0.1) is 5.10 Å². The van der Waals surface area contributed by atoms with Crippen LogP contribution >= 0.6 is 23.2 Å². The van der Waals surface area contributed by atoms with Crippen LogP contribution in [0.3, 0.4) is 0 Å². The van der Waals surface area contributed by atoms with Crippen LogP contribution < -0.4 is 5.73 Å². The van der Waals surface area contributed by atoms with E-state index in [9.17, 15) is 0 Å². The second kappa shape index (κ2) is 6.83. The van der Waals surface area contributed by atoms with Gasteiger partial charge in [-0.3, -0.25) is 4.90 Å². The van der Waals surface area contributed by atoms with E-state index in [1.54, 1.807) is 16.8 Å². The van der Waals surface area contributed by atoms with Crippen LogP contribution in [0.1, 0.15) is 5.69 Å². The maximum absolute atomic E-state index is 6.07. The average molecular weight is 342 g/mol. The van der Waals surface area contributed by atoms with Gasteiger partial charge in [-0.2, -0.15) is 0 Å². The van der Waals surface area contributed by atoms with Crippen LogP contribution in [0.25, 0.3) is 5.69 Å². The quantitative estimate of drug-likeness (QED) is 0.921. The Kier molecular flexibility index (Phi) is 4.83. The van der Waals surface area contributed by atoms with Crippen molar-refractivity contribution in [3.05, 3.63) is 33.9 Å². The molecule has 2 N–H and O–H groups in total. The summed E-state index contributed by atoms with van der Waals surface area (Å²) in [7, 11) is 0. The van der Waals surface area contributed by atoms with E-state index in [0.29, 0.717) is 15.9 Å². The highest BCUT2D eigenvalue weighted by Crippen LogP contribution is 2.25. The number of aromatic nitrogens is 3. The first kappa shape index (κ1) is 15.6. The molecular weight excluding hydrogens is 325 g/mol. The third-order valence-corrected chi connectivity index (χ3v) is 4.45. The van der Waals surface area contributed by atoms with Crippen molar-refractivity contribution < 1.29 is 4.74 Å².